The molecule has 6 heterocycles. The van der Waals surface area contributed by atoms with Crippen LogP contribution in [0.2, 0.25) is 5.02 Å². The van der Waals surface area contributed by atoms with Gasteiger partial charge in [-0.15, -0.1) is 0 Å². The SMILES string of the molecule is Cn1nc(N2CCC(=O)NC2=O)c2cc(F)c(C3CCN(CC4CCN(c5cc(S(=O)(=O)N6CCC(Nc7ncc(Cl)cn7)CC6)ccc5C#N)CC4)CC3)cc21. The number of amides is 3. The number of hydrogen-bond acceptors (Lipinski definition) is 11. The number of nitrogens with one attached hydrogen (secondary N) is 2. The Kier molecular flexibility index (Phi) is 11.0. The quantitative estimate of drug-likeness (QED) is 0.237. The van der Waals surface area contributed by atoms with E-state index in [9.17, 15) is 23.3 Å². The molecule has 57 heavy (non-hydrogen) atoms. The Bertz CT molecular complexity index is 2310. The average molecular weight is 818 g/mol. The van der Waals surface area contributed by atoms with Crippen molar-refractivity contribution in [2.75, 3.05) is 67.5 Å². The lowest BCUT2D eigenvalue weighted by Gasteiger charge is -2.39. The summed E-state index contributed by atoms with van der Waals surface area (Å²) < 4.78 is 46.5. The second-order valence-corrected chi connectivity index (χ2v) is 17.8. The zero-order valence-corrected chi connectivity index (χ0v) is 33.3. The van der Waals surface area contributed by atoms with Gasteiger partial charge in [0.2, 0.25) is 21.9 Å². The number of carbonyl (C=O) groups excluding carboxylic acids is 2. The second kappa shape index (κ2) is 16.2. The van der Waals surface area contributed by atoms with Crippen molar-refractivity contribution in [2.24, 2.45) is 13.0 Å². The molecule has 0 atom stereocenters. The summed E-state index contributed by atoms with van der Waals surface area (Å²) in [6.07, 6.45) is 7.87. The number of carbonyl (C=O) groups is 2. The van der Waals surface area contributed by atoms with Crippen LogP contribution in [-0.4, -0.2) is 108 Å². The maximum atomic E-state index is 15.7. The minimum absolute atomic E-state index is 0.0366. The smallest absolute Gasteiger partial charge is 0.329 e. The van der Waals surface area contributed by atoms with Crippen molar-refractivity contribution >= 4 is 61.9 Å². The molecule has 0 spiro atoms. The van der Waals surface area contributed by atoms with Gasteiger partial charge in [-0.05, 0) is 99.3 Å². The van der Waals surface area contributed by atoms with Crippen molar-refractivity contribution in [3.8, 4) is 6.07 Å². The Balaban J connectivity index is 0.847. The van der Waals surface area contributed by atoms with E-state index in [1.165, 1.54) is 33.7 Å². The van der Waals surface area contributed by atoms with Crippen molar-refractivity contribution < 1.29 is 22.4 Å². The van der Waals surface area contributed by atoms with E-state index in [4.69, 9.17) is 11.6 Å². The standard InChI is InChI=1S/C39H45ClFN11O4S/c1-48-35-20-31(33(41)19-32(35)37(47-48)52-17-10-36(53)46-39(52)54)26-6-11-49(12-7-26)24-25-4-13-50(14-5-25)34-18-30(3-2-27(34)21-42)57(55,56)51-15-8-29(9-16-51)45-38-43-22-28(40)23-44-38/h2-3,18-20,22-23,25-26,29H,4-17,24H2,1H3,(H,43,44,45)(H,46,53,54). The number of aryl methyl sites for hydroxylation is 1. The number of aromatic nitrogens is 4. The van der Waals surface area contributed by atoms with Crippen molar-refractivity contribution in [1.82, 2.24) is 34.3 Å². The van der Waals surface area contributed by atoms with Gasteiger partial charge in [0, 0.05) is 64.2 Å². The summed E-state index contributed by atoms with van der Waals surface area (Å²) in [6.45, 7) is 4.97. The summed E-state index contributed by atoms with van der Waals surface area (Å²) in [4.78, 5) is 38.7. The molecule has 3 amide bonds. The molecule has 4 saturated heterocycles. The summed E-state index contributed by atoms with van der Waals surface area (Å²) >= 11 is 5.89. The van der Waals surface area contributed by atoms with E-state index in [1.54, 1.807) is 23.9 Å². The van der Waals surface area contributed by atoms with E-state index in [-0.39, 0.29) is 41.5 Å². The first kappa shape index (κ1) is 39.0. The molecule has 2 aromatic heterocycles. The van der Waals surface area contributed by atoms with Crippen molar-refractivity contribution in [1.29, 1.82) is 5.26 Å². The second-order valence-electron chi connectivity index (χ2n) is 15.4. The third-order valence-electron chi connectivity index (χ3n) is 11.9. The number of anilines is 3. The first-order valence-corrected chi connectivity index (χ1v) is 21.3. The molecule has 18 heteroatoms. The van der Waals surface area contributed by atoms with Crippen LogP contribution in [0, 0.1) is 23.1 Å². The number of benzene rings is 2. The van der Waals surface area contributed by atoms with Crippen LogP contribution in [0.15, 0.2) is 47.6 Å². The summed E-state index contributed by atoms with van der Waals surface area (Å²) in [5.74, 6) is 0.664. The van der Waals surface area contributed by atoms with Crippen LogP contribution in [0.25, 0.3) is 10.9 Å². The van der Waals surface area contributed by atoms with Crippen LogP contribution >= 0.6 is 11.6 Å². The van der Waals surface area contributed by atoms with Crippen molar-refractivity contribution in [3.05, 3.63) is 64.7 Å². The van der Waals surface area contributed by atoms with Crippen molar-refractivity contribution in [2.45, 2.75) is 61.8 Å². The highest BCUT2D eigenvalue weighted by Gasteiger charge is 2.33. The third-order valence-corrected chi connectivity index (χ3v) is 14.0. The van der Waals surface area contributed by atoms with Gasteiger partial charge in [0.25, 0.3) is 0 Å². The van der Waals surface area contributed by atoms with Crippen LogP contribution in [0.5, 0.6) is 0 Å². The molecule has 0 aliphatic carbocycles. The number of rotatable bonds is 9. The number of halogens is 2. The molecule has 4 fully saturated rings. The molecule has 4 aromatic rings. The average Bonchev–Trinajstić information content (AvgIpc) is 3.53. The van der Waals surface area contributed by atoms with E-state index in [2.05, 4.69) is 41.6 Å². The van der Waals surface area contributed by atoms with E-state index >= 15 is 4.39 Å². The first-order chi connectivity index (χ1) is 27.5. The number of urea groups is 1. The zero-order chi connectivity index (χ0) is 39.8. The fraction of sp³-hybridized carbons (Fsp3) is 0.487. The number of sulfonamides is 1. The lowest BCUT2D eigenvalue weighted by molar-refractivity contribution is -0.120. The minimum Gasteiger partial charge on any atom is -0.370 e. The summed E-state index contributed by atoms with van der Waals surface area (Å²) in [6, 6.07) is 9.91. The maximum Gasteiger partial charge on any atom is 0.329 e. The molecule has 0 radical (unpaired) electrons. The molecule has 0 saturated carbocycles. The molecule has 4 aliphatic heterocycles. The van der Waals surface area contributed by atoms with Gasteiger partial charge in [-0.2, -0.15) is 14.7 Å². The predicted octanol–water partition coefficient (Wildman–Crippen LogP) is 4.83. The Labute approximate surface area is 335 Å². The van der Waals surface area contributed by atoms with Crippen LogP contribution < -0.4 is 20.4 Å². The van der Waals surface area contributed by atoms with Gasteiger partial charge in [0.1, 0.15) is 11.9 Å². The molecule has 0 bridgehead atoms. The minimum atomic E-state index is -3.77. The van der Waals surface area contributed by atoms with E-state index in [1.807, 2.05) is 6.07 Å². The normalized spacial score (nSPS) is 19.9. The third kappa shape index (κ3) is 8.13. The number of fused-ring (bicyclic) bond motifs is 1. The van der Waals surface area contributed by atoms with Gasteiger partial charge in [0.15, 0.2) is 5.82 Å². The monoisotopic (exact) mass is 817 g/mol. The molecule has 8 rings (SSSR count). The van der Waals surface area contributed by atoms with Crippen LogP contribution in [0.4, 0.5) is 26.6 Å². The van der Waals surface area contributed by atoms with E-state index < -0.39 is 16.1 Å². The van der Waals surface area contributed by atoms with E-state index in [0.29, 0.717) is 70.8 Å². The molecular formula is C39H45ClFN11O4S. The number of piperidine rings is 3. The molecule has 2 N–H and O–H groups in total. The molecule has 300 valence electrons. The van der Waals surface area contributed by atoms with Gasteiger partial charge in [-0.25, -0.2) is 27.6 Å². The Morgan fingerprint density at radius 3 is 2.37 bits per heavy atom. The molecule has 4 aliphatic rings. The Hall–Kier alpha value is -4.89. The topological polar surface area (TPSA) is 173 Å². The fourth-order valence-corrected chi connectivity index (χ4v) is 10.3. The van der Waals surface area contributed by atoms with Gasteiger partial charge in [0.05, 0.1) is 39.1 Å². The van der Waals surface area contributed by atoms with Gasteiger partial charge >= 0.3 is 6.03 Å². The highest BCUT2D eigenvalue weighted by molar-refractivity contribution is 7.89. The van der Waals surface area contributed by atoms with Crippen molar-refractivity contribution in [3.63, 3.8) is 0 Å². The van der Waals surface area contributed by atoms with Crippen LogP contribution in [-0.2, 0) is 21.9 Å². The molecule has 2 aromatic carbocycles. The Morgan fingerprint density at radius 2 is 1.68 bits per heavy atom. The lowest BCUT2D eigenvalue weighted by atomic mass is 9.87. The summed E-state index contributed by atoms with van der Waals surface area (Å²) in [5, 5.41) is 21.0. The molecular weight excluding hydrogens is 773 g/mol. The summed E-state index contributed by atoms with van der Waals surface area (Å²) in [7, 11) is -1.99. The molecule has 0 unspecified atom stereocenters. The number of nitriles is 1. The largest absolute Gasteiger partial charge is 0.370 e. The van der Waals surface area contributed by atoms with Gasteiger partial charge in [-0.3, -0.25) is 19.7 Å². The zero-order valence-electron chi connectivity index (χ0n) is 31.7. The summed E-state index contributed by atoms with van der Waals surface area (Å²) in [5.41, 5.74) is 2.51. The Morgan fingerprint density at radius 1 is 0.965 bits per heavy atom. The number of hydrogen-bond donors (Lipinski definition) is 2. The number of likely N-dealkylation sites (tertiary alicyclic amines) is 1. The highest BCUT2D eigenvalue weighted by atomic mass is 35.5. The van der Waals surface area contributed by atoms with Crippen LogP contribution in [0.3, 0.4) is 0 Å². The number of nitrogens with zero attached hydrogens (tertiary/aromatic N) is 9. The highest BCUT2D eigenvalue weighted by Crippen LogP contribution is 2.37. The van der Waals surface area contributed by atoms with E-state index in [0.717, 1.165) is 63.9 Å². The van der Waals surface area contributed by atoms with Gasteiger partial charge in [-0.1, -0.05) is 11.6 Å². The number of imide groups is 1. The maximum absolute atomic E-state index is 15.7. The van der Waals surface area contributed by atoms with Gasteiger partial charge < -0.3 is 15.1 Å². The lowest BCUT2D eigenvalue weighted by Crippen LogP contribution is -2.49. The van der Waals surface area contributed by atoms with Crippen LogP contribution in [0.1, 0.15) is 62.0 Å². The molecule has 15 nitrogen and oxygen atoms in total. The first-order valence-electron chi connectivity index (χ1n) is 19.5. The predicted molar refractivity (Wildman–Crippen MR) is 213 cm³/mol. The fourth-order valence-electron chi connectivity index (χ4n) is 8.69.